The topological polar surface area (TPSA) is 66.5 Å². The number of rotatable bonds is 8. The van der Waals surface area contributed by atoms with Gasteiger partial charge in [0, 0.05) is 5.56 Å². The highest BCUT2D eigenvalue weighted by molar-refractivity contribution is 7.92. The molecule has 0 unspecified atom stereocenters. The molecule has 0 spiro atoms. The minimum absolute atomic E-state index is 0.182. The first kappa shape index (κ1) is 26.2. The van der Waals surface area contributed by atoms with Gasteiger partial charge in [0.25, 0.3) is 5.91 Å². The molecule has 0 radical (unpaired) electrons. The first-order chi connectivity index (χ1) is 17.6. The normalized spacial score (nSPS) is 12.1. The third-order valence-corrected chi connectivity index (χ3v) is 7.49. The van der Waals surface area contributed by atoms with E-state index in [9.17, 15) is 13.2 Å². The molecule has 4 aromatic carbocycles. The predicted octanol–water partition coefficient (Wildman–Crippen LogP) is 6.10. The quantitative estimate of drug-likeness (QED) is 0.310. The molecule has 0 aliphatic carbocycles. The number of carbonyl (C=O) groups excluding carboxylic acids is 1. The van der Waals surface area contributed by atoms with E-state index in [1.165, 1.54) is 10.6 Å². The Kier molecular flexibility index (Phi) is 7.79. The summed E-state index contributed by atoms with van der Waals surface area (Å²) in [5.41, 5.74) is 6.96. The highest BCUT2D eigenvalue weighted by atomic mass is 32.2. The molecule has 0 saturated carbocycles. The fourth-order valence-electron chi connectivity index (χ4n) is 4.37. The second-order valence-electron chi connectivity index (χ2n) is 9.49. The van der Waals surface area contributed by atoms with E-state index in [0.29, 0.717) is 11.3 Å². The zero-order chi connectivity index (χ0) is 26.6. The van der Waals surface area contributed by atoms with Gasteiger partial charge in [0.15, 0.2) is 0 Å². The smallest absolute Gasteiger partial charge is 0.252 e. The van der Waals surface area contributed by atoms with Gasteiger partial charge in [-0.1, -0.05) is 84.4 Å². The minimum Gasteiger partial charge on any atom is -0.341 e. The van der Waals surface area contributed by atoms with Crippen molar-refractivity contribution in [3.8, 4) is 0 Å². The summed E-state index contributed by atoms with van der Waals surface area (Å²) in [6.45, 7) is 6.05. The molecule has 4 rings (SSSR count). The Morgan fingerprint density at radius 3 is 2.08 bits per heavy atom. The van der Waals surface area contributed by atoms with Crippen LogP contribution in [0.5, 0.6) is 0 Å². The van der Waals surface area contributed by atoms with Gasteiger partial charge in [0.05, 0.1) is 24.5 Å². The summed E-state index contributed by atoms with van der Waals surface area (Å²) in [6, 6.07) is 30.6. The van der Waals surface area contributed by atoms with Crippen molar-refractivity contribution in [3.05, 3.63) is 136 Å². The van der Waals surface area contributed by atoms with Crippen LogP contribution in [0.2, 0.25) is 0 Å². The number of amides is 1. The van der Waals surface area contributed by atoms with Crippen molar-refractivity contribution in [2.75, 3.05) is 10.6 Å². The molecule has 0 heterocycles. The van der Waals surface area contributed by atoms with Gasteiger partial charge in [-0.2, -0.15) is 0 Å². The molecule has 4 aromatic rings. The molecule has 1 N–H and O–H groups in total. The third kappa shape index (κ3) is 6.46. The van der Waals surface area contributed by atoms with Gasteiger partial charge in [0.1, 0.15) is 0 Å². The number of anilines is 1. The van der Waals surface area contributed by atoms with Crippen LogP contribution in [0.15, 0.2) is 97.1 Å². The SMILES string of the molecule is Cc1cccc([C@@H](NC(=O)c2ccc(CN(c3cc(C)ccc3C)S(C)(=O)=O)cc2)c2ccccc2)c1. The zero-order valence-corrected chi connectivity index (χ0v) is 22.4. The maximum Gasteiger partial charge on any atom is 0.252 e. The van der Waals surface area contributed by atoms with Crippen LogP contribution in [0.3, 0.4) is 0 Å². The van der Waals surface area contributed by atoms with Crippen molar-refractivity contribution < 1.29 is 13.2 Å². The summed E-state index contributed by atoms with van der Waals surface area (Å²) in [7, 11) is -3.51. The van der Waals surface area contributed by atoms with Gasteiger partial charge in [-0.05, 0) is 66.8 Å². The molecule has 0 bridgehead atoms. The monoisotopic (exact) mass is 512 g/mol. The Bertz CT molecular complexity index is 1500. The Morgan fingerprint density at radius 1 is 0.784 bits per heavy atom. The molecule has 190 valence electrons. The highest BCUT2D eigenvalue weighted by Crippen LogP contribution is 2.27. The fourth-order valence-corrected chi connectivity index (χ4v) is 5.30. The van der Waals surface area contributed by atoms with Crippen LogP contribution >= 0.6 is 0 Å². The largest absolute Gasteiger partial charge is 0.341 e. The van der Waals surface area contributed by atoms with Crippen molar-refractivity contribution in [2.24, 2.45) is 0 Å². The molecule has 0 aliphatic heterocycles. The Morgan fingerprint density at radius 2 is 1.43 bits per heavy atom. The van der Waals surface area contributed by atoms with Crippen LogP contribution in [-0.2, 0) is 16.6 Å². The van der Waals surface area contributed by atoms with Gasteiger partial charge in [-0.25, -0.2) is 8.42 Å². The summed E-state index contributed by atoms with van der Waals surface area (Å²) < 4.78 is 26.7. The summed E-state index contributed by atoms with van der Waals surface area (Å²) in [6.07, 6.45) is 1.21. The molecule has 5 nitrogen and oxygen atoms in total. The molecule has 0 saturated heterocycles. The average Bonchev–Trinajstić information content (AvgIpc) is 2.87. The van der Waals surface area contributed by atoms with E-state index < -0.39 is 10.0 Å². The van der Waals surface area contributed by atoms with Crippen LogP contribution < -0.4 is 9.62 Å². The van der Waals surface area contributed by atoms with Crippen LogP contribution in [-0.4, -0.2) is 20.6 Å². The van der Waals surface area contributed by atoms with Gasteiger partial charge >= 0.3 is 0 Å². The number of hydrogen-bond acceptors (Lipinski definition) is 3. The zero-order valence-electron chi connectivity index (χ0n) is 21.6. The summed E-state index contributed by atoms with van der Waals surface area (Å²) in [5.74, 6) is -0.198. The predicted molar refractivity (Wildman–Crippen MR) is 150 cm³/mol. The Labute approximate surface area is 219 Å². The van der Waals surface area contributed by atoms with E-state index in [0.717, 1.165) is 33.4 Å². The van der Waals surface area contributed by atoms with Crippen LogP contribution in [0.25, 0.3) is 0 Å². The Hall–Kier alpha value is -3.90. The Balaban J connectivity index is 1.57. The van der Waals surface area contributed by atoms with Crippen molar-refractivity contribution in [2.45, 2.75) is 33.4 Å². The molecule has 6 heteroatoms. The number of aryl methyl sites for hydroxylation is 3. The molecule has 1 amide bonds. The second-order valence-corrected chi connectivity index (χ2v) is 11.4. The van der Waals surface area contributed by atoms with Crippen LogP contribution in [0, 0.1) is 20.8 Å². The van der Waals surface area contributed by atoms with Gasteiger partial charge < -0.3 is 5.32 Å². The molecule has 1 atom stereocenters. The van der Waals surface area contributed by atoms with E-state index in [1.54, 1.807) is 12.1 Å². The molecule has 0 fully saturated rings. The van der Waals surface area contributed by atoms with Crippen molar-refractivity contribution in [1.29, 1.82) is 0 Å². The van der Waals surface area contributed by atoms with E-state index in [4.69, 9.17) is 0 Å². The van der Waals surface area contributed by atoms with E-state index in [-0.39, 0.29) is 18.5 Å². The number of carbonyl (C=O) groups is 1. The lowest BCUT2D eigenvalue weighted by molar-refractivity contribution is 0.0943. The summed E-state index contributed by atoms with van der Waals surface area (Å²) in [4.78, 5) is 13.3. The summed E-state index contributed by atoms with van der Waals surface area (Å²) in [5, 5.41) is 3.17. The standard InChI is InChI=1S/C31H32N2O3S/c1-22-9-8-12-28(19-22)30(26-10-6-5-7-11-26)32-31(34)27-17-15-25(16-18-27)21-33(37(4,35)36)29-20-23(2)13-14-24(29)3/h5-20,30H,21H2,1-4H3,(H,32,34)/t30-/m0/s1. The average molecular weight is 513 g/mol. The lowest BCUT2D eigenvalue weighted by Crippen LogP contribution is -2.30. The van der Waals surface area contributed by atoms with Crippen molar-refractivity contribution in [3.63, 3.8) is 0 Å². The second kappa shape index (κ2) is 11.0. The fraction of sp³-hybridized carbons (Fsp3) is 0.194. The van der Waals surface area contributed by atoms with Gasteiger partial charge in [-0.15, -0.1) is 0 Å². The molecular formula is C31H32N2O3S. The van der Waals surface area contributed by atoms with E-state index in [1.807, 2.05) is 99.6 Å². The number of sulfonamides is 1. The van der Waals surface area contributed by atoms with Crippen LogP contribution in [0.1, 0.15) is 49.8 Å². The van der Waals surface area contributed by atoms with Gasteiger partial charge in [0.2, 0.25) is 10.0 Å². The number of nitrogens with zero attached hydrogens (tertiary/aromatic N) is 1. The number of benzene rings is 4. The van der Waals surface area contributed by atoms with Crippen molar-refractivity contribution >= 4 is 21.6 Å². The summed E-state index contributed by atoms with van der Waals surface area (Å²) >= 11 is 0. The van der Waals surface area contributed by atoms with Crippen LogP contribution in [0.4, 0.5) is 5.69 Å². The lowest BCUT2D eigenvalue weighted by atomic mass is 9.97. The van der Waals surface area contributed by atoms with E-state index in [2.05, 4.69) is 11.4 Å². The first-order valence-electron chi connectivity index (χ1n) is 12.2. The molecule has 0 aromatic heterocycles. The molecular weight excluding hydrogens is 480 g/mol. The minimum atomic E-state index is -3.51. The van der Waals surface area contributed by atoms with Gasteiger partial charge in [-0.3, -0.25) is 9.10 Å². The first-order valence-corrected chi connectivity index (χ1v) is 14.0. The van der Waals surface area contributed by atoms with E-state index >= 15 is 0 Å². The number of hydrogen-bond donors (Lipinski definition) is 1. The maximum absolute atomic E-state index is 13.3. The van der Waals surface area contributed by atoms with Crippen molar-refractivity contribution in [1.82, 2.24) is 5.32 Å². The maximum atomic E-state index is 13.3. The third-order valence-electron chi connectivity index (χ3n) is 6.36. The molecule has 0 aliphatic rings. The lowest BCUT2D eigenvalue weighted by Gasteiger charge is -2.25. The molecule has 37 heavy (non-hydrogen) atoms. The highest BCUT2D eigenvalue weighted by Gasteiger charge is 2.21. The number of nitrogens with one attached hydrogen (secondary N) is 1.